The number of ether oxygens (including phenoxy) is 1. The van der Waals surface area contributed by atoms with Gasteiger partial charge in [-0.25, -0.2) is 0 Å². The largest absolute Gasteiger partial charge is 0.378 e. The van der Waals surface area contributed by atoms with E-state index < -0.39 is 0 Å². The van der Waals surface area contributed by atoms with Crippen LogP contribution in [0.15, 0.2) is 0 Å². The fraction of sp³-hybridized carbons (Fsp3) is 1.00. The molecule has 0 atom stereocenters. The lowest BCUT2D eigenvalue weighted by Crippen LogP contribution is -2.21. The van der Waals surface area contributed by atoms with Gasteiger partial charge in [0.1, 0.15) is 0 Å². The molecule has 0 radical (unpaired) electrons. The lowest BCUT2D eigenvalue weighted by molar-refractivity contribution is 0.0158. The van der Waals surface area contributed by atoms with Gasteiger partial charge < -0.3 is 4.74 Å². The quantitative estimate of drug-likeness (QED) is 0.532. The molecule has 0 heterocycles. The summed E-state index contributed by atoms with van der Waals surface area (Å²) in [6.45, 7) is 5.59. The number of hydrogen-bond donors (Lipinski definition) is 0. The second kappa shape index (κ2) is 9.04. The summed E-state index contributed by atoms with van der Waals surface area (Å²) in [5.74, 6) is 0.990. The molecule has 1 heteroatoms. The first-order valence-electron chi connectivity index (χ1n) is 7.48. The van der Waals surface area contributed by atoms with Crippen LogP contribution in [-0.4, -0.2) is 12.7 Å². The second-order valence-corrected chi connectivity index (χ2v) is 5.34. The molecule has 16 heavy (non-hydrogen) atoms. The molecule has 1 saturated carbocycles. The van der Waals surface area contributed by atoms with Crippen LogP contribution in [0.25, 0.3) is 0 Å². The first-order valence-corrected chi connectivity index (χ1v) is 7.48. The predicted molar refractivity (Wildman–Crippen MR) is 70.7 cm³/mol. The van der Waals surface area contributed by atoms with Gasteiger partial charge in [-0.05, 0) is 38.0 Å². The molecule has 0 N–H and O–H groups in total. The van der Waals surface area contributed by atoms with Crippen molar-refractivity contribution < 1.29 is 4.74 Å². The first kappa shape index (κ1) is 14.0. The van der Waals surface area contributed by atoms with E-state index in [0.29, 0.717) is 6.10 Å². The van der Waals surface area contributed by atoms with Crippen LogP contribution in [0, 0.1) is 5.92 Å². The van der Waals surface area contributed by atoms with Crippen LogP contribution in [-0.2, 0) is 4.74 Å². The van der Waals surface area contributed by atoms with Gasteiger partial charge in [0.25, 0.3) is 0 Å². The number of unbranched alkanes of at least 4 members (excludes halogenated alkanes) is 4. The first-order chi connectivity index (χ1) is 7.86. The van der Waals surface area contributed by atoms with E-state index in [0.717, 1.165) is 12.5 Å². The molecule has 1 rings (SSSR count). The summed E-state index contributed by atoms with van der Waals surface area (Å²) in [5, 5.41) is 0. The van der Waals surface area contributed by atoms with E-state index in [-0.39, 0.29) is 0 Å². The highest BCUT2D eigenvalue weighted by molar-refractivity contribution is 4.71. The van der Waals surface area contributed by atoms with Crippen molar-refractivity contribution in [1.82, 2.24) is 0 Å². The molecule has 0 spiro atoms. The normalized spacial score (nSPS) is 25.9. The smallest absolute Gasteiger partial charge is 0.0575 e. The fourth-order valence-electron chi connectivity index (χ4n) is 2.66. The lowest BCUT2D eigenvalue weighted by Gasteiger charge is -2.27. The van der Waals surface area contributed by atoms with Crippen molar-refractivity contribution in [2.45, 2.75) is 84.2 Å². The SMILES string of the molecule is CCCCCCCOC1CCC(CC)CC1. The Bertz CT molecular complexity index is 148. The van der Waals surface area contributed by atoms with Crippen molar-refractivity contribution in [3.63, 3.8) is 0 Å². The van der Waals surface area contributed by atoms with Crippen molar-refractivity contribution in [1.29, 1.82) is 0 Å². The summed E-state index contributed by atoms with van der Waals surface area (Å²) in [6.07, 6.45) is 14.1. The average Bonchev–Trinajstić information content (AvgIpc) is 2.34. The molecule has 0 amide bonds. The highest BCUT2D eigenvalue weighted by atomic mass is 16.5. The maximum Gasteiger partial charge on any atom is 0.0575 e. The van der Waals surface area contributed by atoms with Crippen molar-refractivity contribution >= 4 is 0 Å². The van der Waals surface area contributed by atoms with E-state index in [1.807, 2.05) is 0 Å². The Labute approximate surface area is 102 Å². The van der Waals surface area contributed by atoms with Gasteiger partial charge in [0.2, 0.25) is 0 Å². The minimum absolute atomic E-state index is 0.592. The van der Waals surface area contributed by atoms with E-state index in [1.54, 1.807) is 0 Å². The van der Waals surface area contributed by atoms with E-state index in [2.05, 4.69) is 13.8 Å². The van der Waals surface area contributed by atoms with Gasteiger partial charge in [0.05, 0.1) is 6.10 Å². The molecular weight excluding hydrogens is 196 g/mol. The van der Waals surface area contributed by atoms with Crippen LogP contribution in [0.1, 0.15) is 78.1 Å². The third kappa shape index (κ3) is 5.89. The Balaban J connectivity index is 1.90. The summed E-state index contributed by atoms with van der Waals surface area (Å²) in [7, 11) is 0. The molecule has 1 aliphatic carbocycles. The summed E-state index contributed by atoms with van der Waals surface area (Å²) >= 11 is 0. The zero-order valence-corrected chi connectivity index (χ0v) is 11.3. The Morgan fingerprint density at radius 1 is 0.875 bits per heavy atom. The van der Waals surface area contributed by atoms with E-state index >= 15 is 0 Å². The third-order valence-electron chi connectivity index (χ3n) is 3.97. The molecule has 1 aliphatic rings. The van der Waals surface area contributed by atoms with E-state index in [4.69, 9.17) is 4.74 Å². The molecule has 0 aromatic carbocycles. The summed E-state index contributed by atoms with van der Waals surface area (Å²) in [6, 6.07) is 0. The van der Waals surface area contributed by atoms with E-state index in [9.17, 15) is 0 Å². The van der Waals surface area contributed by atoms with Crippen LogP contribution >= 0.6 is 0 Å². The topological polar surface area (TPSA) is 9.23 Å². The van der Waals surface area contributed by atoms with Crippen LogP contribution < -0.4 is 0 Å². The number of hydrogen-bond acceptors (Lipinski definition) is 1. The Kier molecular flexibility index (Phi) is 7.92. The second-order valence-electron chi connectivity index (χ2n) is 5.34. The molecule has 1 nitrogen and oxygen atoms in total. The van der Waals surface area contributed by atoms with Gasteiger partial charge in [-0.2, -0.15) is 0 Å². The van der Waals surface area contributed by atoms with Crippen LogP contribution in [0.3, 0.4) is 0 Å². The van der Waals surface area contributed by atoms with Gasteiger partial charge in [0, 0.05) is 6.61 Å². The minimum atomic E-state index is 0.592. The Morgan fingerprint density at radius 2 is 1.56 bits per heavy atom. The molecule has 0 unspecified atom stereocenters. The third-order valence-corrected chi connectivity index (χ3v) is 3.97. The van der Waals surface area contributed by atoms with Crippen molar-refractivity contribution in [3.8, 4) is 0 Å². The molecule has 0 bridgehead atoms. The maximum atomic E-state index is 5.96. The van der Waals surface area contributed by atoms with Crippen molar-refractivity contribution in [2.75, 3.05) is 6.61 Å². The minimum Gasteiger partial charge on any atom is -0.378 e. The lowest BCUT2D eigenvalue weighted by atomic mass is 9.86. The Morgan fingerprint density at radius 3 is 2.19 bits per heavy atom. The fourth-order valence-corrected chi connectivity index (χ4v) is 2.66. The average molecular weight is 226 g/mol. The molecule has 1 fully saturated rings. The van der Waals surface area contributed by atoms with Gasteiger partial charge >= 0.3 is 0 Å². The number of rotatable bonds is 8. The van der Waals surface area contributed by atoms with Gasteiger partial charge in [-0.15, -0.1) is 0 Å². The molecule has 96 valence electrons. The summed E-state index contributed by atoms with van der Waals surface area (Å²) < 4.78 is 5.96. The molecule has 0 aromatic rings. The van der Waals surface area contributed by atoms with E-state index in [1.165, 1.54) is 64.2 Å². The highest BCUT2D eigenvalue weighted by Gasteiger charge is 2.19. The standard InChI is InChI=1S/C15H30O/c1-3-5-6-7-8-13-16-15-11-9-14(4-2)10-12-15/h14-15H,3-13H2,1-2H3. The maximum absolute atomic E-state index is 5.96. The van der Waals surface area contributed by atoms with Crippen LogP contribution in [0.5, 0.6) is 0 Å². The van der Waals surface area contributed by atoms with Gasteiger partial charge in [0.15, 0.2) is 0 Å². The summed E-state index contributed by atoms with van der Waals surface area (Å²) in [5.41, 5.74) is 0. The van der Waals surface area contributed by atoms with Crippen molar-refractivity contribution in [3.05, 3.63) is 0 Å². The highest BCUT2D eigenvalue weighted by Crippen LogP contribution is 2.28. The van der Waals surface area contributed by atoms with Gasteiger partial charge in [-0.1, -0.05) is 46.0 Å². The zero-order chi connectivity index (χ0) is 11.6. The molecule has 0 saturated heterocycles. The monoisotopic (exact) mass is 226 g/mol. The zero-order valence-electron chi connectivity index (χ0n) is 11.3. The summed E-state index contributed by atoms with van der Waals surface area (Å²) in [4.78, 5) is 0. The van der Waals surface area contributed by atoms with Gasteiger partial charge in [-0.3, -0.25) is 0 Å². The molecule has 0 aliphatic heterocycles. The molecular formula is C15H30O. The molecule has 0 aromatic heterocycles. The van der Waals surface area contributed by atoms with Crippen LogP contribution in [0.4, 0.5) is 0 Å². The van der Waals surface area contributed by atoms with Crippen LogP contribution in [0.2, 0.25) is 0 Å². The predicted octanol–water partition coefficient (Wildman–Crippen LogP) is 4.94. The van der Waals surface area contributed by atoms with Crippen molar-refractivity contribution in [2.24, 2.45) is 5.92 Å². The Hall–Kier alpha value is -0.0400.